The van der Waals surface area contributed by atoms with Crippen LogP contribution in [0, 0.1) is 11.6 Å². The monoisotopic (exact) mass is 324 g/mol. The number of hydrogen-bond acceptors (Lipinski definition) is 2. The van der Waals surface area contributed by atoms with Crippen LogP contribution in [0.2, 0.25) is 0 Å². The Morgan fingerprint density at radius 2 is 1.92 bits per heavy atom. The molecule has 0 fully saturated rings. The van der Waals surface area contributed by atoms with Crippen molar-refractivity contribution >= 4 is 21.9 Å². The molecular formula is C20H15F2NO. The second kappa shape index (κ2) is 5.41. The highest BCUT2D eigenvalue weighted by Gasteiger charge is 2.15. The van der Waals surface area contributed by atoms with Crippen molar-refractivity contribution in [3.05, 3.63) is 65.9 Å². The van der Waals surface area contributed by atoms with Crippen molar-refractivity contribution in [3.63, 3.8) is 0 Å². The summed E-state index contributed by atoms with van der Waals surface area (Å²) in [7, 11) is 0. The summed E-state index contributed by atoms with van der Waals surface area (Å²) in [5, 5.41) is 1.65. The maximum absolute atomic E-state index is 14.1. The summed E-state index contributed by atoms with van der Waals surface area (Å²) in [5.74, 6) is -1.97. The van der Waals surface area contributed by atoms with E-state index < -0.39 is 11.7 Å². The number of fused-ring (bicyclic) bond motifs is 3. The van der Waals surface area contributed by atoms with Crippen LogP contribution in [0.4, 0.5) is 8.78 Å². The van der Waals surface area contributed by atoms with Gasteiger partial charge in [-0.1, -0.05) is 26.0 Å². The lowest BCUT2D eigenvalue weighted by atomic mass is 10.00. The molecule has 24 heavy (non-hydrogen) atoms. The Bertz CT molecular complexity index is 1110. The molecule has 0 atom stereocenters. The summed E-state index contributed by atoms with van der Waals surface area (Å²) in [6.45, 7) is 3.25. The highest BCUT2D eigenvalue weighted by molar-refractivity contribution is 6.09. The number of pyridine rings is 1. The van der Waals surface area contributed by atoms with Gasteiger partial charge in [0.25, 0.3) is 0 Å². The SMILES string of the molecule is [2H]C(C)(C)c1cc(-c2cccc3c2oc2cc(F)ccc23)ncc1F. The van der Waals surface area contributed by atoms with Gasteiger partial charge in [-0.2, -0.15) is 0 Å². The van der Waals surface area contributed by atoms with Crippen molar-refractivity contribution in [1.29, 1.82) is 0 Å². The van der Waals surface area contributed by atoms with Crippen LogP contribution < -0.4 is 0 Å². The van der Waals surface area contributed by atoms with Crippen LogP contribution in [0.5, 0.6) is 0 Å². The Balaban J connectivity index is 2.00. The fraction of sp³-hybridized carbons (Fsp3) is 0.150. The fourth-order valence-electron chi connectivity index (χ4n) is 2.94. The van der Waals surface area contributed by atoms with Crippen molar-refractivity contribution in [2.45, 2.75) is 19.7 Å². The summed E-state index contributed by atoms with van der Waals surface area (Å²) in [6, 6.07) is 11.5. The summed E-state index contributed by atoms with van der Waals surface area (Å²) < 4.78 is 41.5. The van der Waals surface area contributed by atoms with Crippen LogP contribution in [0.3, 0.4) is 0 Å². The maximum Gasteiger partial charge on any atom is 0.144 e. The Kier molecular flexibility index (Phi) is 3.08. The molecule has 0 aliphatic heterocycles. The van der Waals surface area contributed by atoms with Crippen molar-refractivity contribution in [1.82, 2.24) is 4.98 Å². The molecular weight excluding hydrogens is 308 g/mol. The van der Waals surface area contributed by atoms with E-state index in [1.54, 1.807) is 26.0 Å². The molecule has 120 valence electrons. The summed E-state index contributed by atoms with van der Waals surface area (Å²) in [5.41, 5.74) is 2.47. The van der Waals surface area contributed by atoms with Crippen molar-refractivity contribution in [2.24, 2.45) is 0 Å². The molecule has 2 aromatic carbocycles. The van der Waals surface area contributed by atoms with E-state index >= 15 is 0 Å². The first-order valence-electron chi connectivity index (χ1n) is 8.12. The van der Waals surface area contributed by atoms with E-state index in [0.717, 1.165) is 17.0 Å². The molecule has 4 aromatic rings. The highest BCUT2D eigenvalue weighted by Crippen LogP contribution is 2.36. The van der Waals surface area contributed by atoms with Crippen LogP contribution in [-0.4, -0.2) is 4.98 Å². The topological polar surface area (TPSA) is 26.0 Å². The van der Waals surface area contributed by atoms with E-state index in [9.17, 15) is 8.78 Å². The predicted molar refractivity (Wildman–Crippen MR) is 91.0 cm³/mol. The van der Waals surface area contributed by atoms with Crippen LogP contribution in [0.1, 0.15) is 26.7 Å². The Morgan fingerprint density at radius 3 is 2.71 bits per heavy atom. The number of nitrogens with zero attached hydrogens (tertiary/aromatic N) is 1. The quantitative estimate of drug-likeness (QED) is 0.448. The number of rotatable bonds is 2. The highest BCUT2D eigenvalue weighted by atomic mass is 19.1. The third kappa shape index (κ3) is 2.26. The Morgan fingerprint density at radius 1 is 1.08 bits per heavy atom. The molecule has 0 saturated heterocycles. The summed E-state index contributed by atoms with van der Waals surface area (Å²) in [6.07, 6.45) is 1.13. The summed E-state index contributed by atoms with van der Waals surface area (Å²) >= 11 is 0. The van der Waals surface area contributed by atoms with E-state index in [0.29, 0.717) is 22.4 Å². The number of hydrogen-bond donors (Lipinski definition) is 0. The normalized spacial score (nSPS) is 12.8. The smallest absolute Gasteiger partial charge is 0.144 e. The van der Waals surface area contributed by atoms with Gasteiger partial charge in [0.05, 0.1) is 11.9 Å². The Hall–Kier alpha value is -2.75. The van der Waals surface area contributed by atoms with E-state index in [-0.39, 0.29) is 11.4 Å². The van der Waals surface area contributed by atoms with E-state index in [1.807, 2.05) is 18.2 Å². The summed E-state index contributed by atoms with van der Waals surface area (Å²) in [4.78, 5) is 4.17. The largest absolute Gasteiger partial charge is 0.455 e. The first-order chi connectivity index (χ1) is 11.8. The molecule has 4 rings (SSSR count). The van der Waals surface area contributed by atoms with Gasteiger partial charge in [0.1, 0.15) is 22.8 Å². The number of para-hydroxylation sites is 1. The minimum absolute atomic E-state index is 0.261. The molecule has 0 saturated carbocycles. The maximum atomic E-state index is 14.1. The molecule has 0 amide bonds. The van der Waals surface area contributed by atoms with Crippen LogP contribution in [0.25, 0.3) is 33.2 Å². The minimum Gasteiger partial charge on any atom is -0.455 e. The lowest BCUT2D eigenvalue weighted by Crippen LogP contribution is -1.96. The van der Waals surface area contributed by atoms with Gasteiger partial charge in [-0.3, -0.25) is 4.98 Å². The number of halogens is 2. The van der Waals surface area contributed by atoms with Gasteiger partial charge < -0.3 is 4.42 Å². The van der Waals surface area contributed by atoms with Gasteiger partial charge in [0, 0.05) is 23.8 Å². The zero-order chi connectivity index (χ0) is 17.8. The van der Waals surface area contributed by atoms with Gasteiger partial charge in [-0.15, -0.1) is 0 Å². The fourth-order valence-corrected chi connectivity index (χ4v) is 2.94. The average Bonchev–Trinajstić information content (AvgIpc) is 2.91. The molecule has 2 nitrogen and oxygen atoms in total. The van der Waals surface area contributed by atoms with Gasteiger partial charge in [-0.05, 0) is 35.7 Å². The van der Waals surface area contributed by atoms with Crippen molar-refractivity contribution in [2.75, 3.05) is 0 Å². The van der Waals surface area contributed by atoms with Gasteiger partial charge in [-0.25, -0.2) is 8.78 Å². The first-order valence-corrected chi connectivity index (χ1v) is 7.62. The molecule has 2 heterocycles. The van der Waals surface area contributed by atoms with Gasteiger partial charge in [0.2, 0.25) is 0 Å². The van der Waals surface area contributed by atoms with E-state index in [4.69, 9.17) is 5.79 Å². The molecule has 4 heteroatoms. The second-order valence-corrected chi connectivity index (χ2v) is 5.97. The van der Waals surface area contributed by atoms with Crippen LogP contribution >= 0.6 is 0 Å². The van der Waals surface area contributed by atoms with Gasteiger partial charge >= 0.3 is 0 Å². The van der Waals surface area contributed by atoms with Gasteiger partial charge in [0.15, 0.2) is 0 Å². The molecule has 0 spiro atoms. The second-order valence-electron chi connectivity index (χ2n) is 5.97. The van der Waals surface area contributed by atoms with Crippen LogP contribution in [-0.2, 0) is 0 Å². The molecule has 0 bridgehead atoms. The zero-order valence-electron chi connectivity index (χ0n) is 14.2. The van der Waals surface area contributed by atoms with Crippen molar-refractivity contribution < 1.29 is 14.6 Å². The molecule has 2 aromatic heterocycles. The number of benzene rings is 2. The van der Waals surface area contributed by atoms with E-state index in [1.165, 1.54) is 12.1 Å². The Labute approximate surface area is 139 Å². The first kappa shape index (κ1) is 13.7. The lowest BCUT2D eigenvalue weighted by molar-refractivity contribution is 0.592. The molecule has 0 N–H and O–H groups in total. The molecule has 0 aliphatic carbocycles. The third-order valence-corrected chi connectivity index (χ3v) is 4.13. The molecule has 0 radical (unpaired) electrons. The standard InChI is InChI=1S/C20H15F2NO/c1-11(2)16-9-18(23-10-17(16)22)15-5-3-4-14-13-7-6-12(21)8-19(13)24-20(14)15/h3-11H,1-2H3/i11D. The van der Waals surface area contributed by atoms with E-state index in [2.05, 4.69) is 4.98 Å². The molecule has 0 aliphatic rings. The lowest BCUT2D eigenvalue weighted by Gasteiger charge is -2.09. The number of aromatic nitrogens is 1. The minimum atomic E-state index is -1.09. The molecule has 0 unspecified atom stereocenters. The number of furan rings is 1. The third-order valence-electron chi connectivity index (χ3n) is 4.13. The van der Waals surface area contributed by atoms with Crippen LogP contribution in [0.15, 0.2) is 53.1 Å². The average molecular weight is 324 g/mol. The van der Waals surface area contributed by atoms with Crippen molar-refractivity contribution in [3.8, 4) is 11.3 Å². The predicted octanol–water partition coefficient (Wildman–Crippen LogP) is 6.05. The zero-order valence-corrected chi connectivity index (χ0v) is 13.2.